The van der Waals surface area contributed by atoms with Gasteiger partial charge in [-0.25, -0.2) is 0 Å². The summed E-state index contributed by atoms with van der Waals surface area (Å²) in [6.45, 7) is 6.19. The van der Waals surface area contributed by atoms with Crippen molar-refractivity contribution >= 4 is 21.8 Å². The number of amides is 1. The number of benzene rings is 1. The quantitative estimate of drug-likeness (QED) is 0.845. The lowest BCUT2D eigenvalue weighted by molar-refractivity contribution is 0.0931. The number of alkyl halides is 1. The van der Waals surface area contributed by atoms with Crippen LogP contribution in [0.25, 0.3) is 0 Å². The Balaban J connectivity index is 2.72. The third-order valence-electron chi connectivity index (χ3n) is 2.57. The van der Waals surface area contributed by atoms with Crippen molar-refractivity contribution in [3.8, 4) is 0 Å². The first-order valence-corrected chi connectivity index (χ1v) is 6.60. The number of nitrogens with one attached hydrogen (secondary N) is 1. The highest BCUT2D eigenvalue weighted by atomic mass is 79.9. The maximum Gasteiger partial charge on any atom is 0.251 e. The molecule has 1 aromatic rings. The van der Waals surface area contributed by atoms with Crippen molar-refractivity contribution in [3.63, 3.8) is 0 Å². The zero-order valence-corrected chi connectivity index (χ0v) is 11.5. The highest BCUT2D eigenvalue weighted by Crippen LogP contribution is 2.08. The molecule has 0 spiro atoms. The van der Waals surface area contributed by atoms with E-state index in [9.17, 15) is 4.79 Å². The van der Waals surface area contributed by atoms with E-state index in [2.05, 4.69) is 35.1 Å². The highest BCUT2D eigenvalue weighted by Gasteiger charge is 2.15. The molecular formula is C13H18BrNO. The van der Waals surface area contributed by atoms with Gasteiger partial charge in [-0.15, -0.1) is 0 Å². The molecule has 0 saturated carbocycles. The van der Waals surface area contributed by atoms with Gasteiger partial charge in [0, 0.05) is 16.9 Å². The molecule has 1 amide bonds. The highest BCUT2D eigenvalue weighted by molar-refractivity contribution is 9.09. The molecule has 0 aromatic heterocycles. The molecule has 1 aromatic carbocycles. The summed E-state index contributed by atoms with van der Waals surface area (Å²) in [6.07, 6.45) is 0. The van der Waals surface area contributed by atoms with Gasteiger partial charge < -0.3 is 5.32 Å². The first kappa shape index (κ1) is 13.2. The summed E-state index contributed by atoms with van der Waals surface area (Å²) in [5, 5.41) is 3.80. The van der Waals surface area contributed by atoms with E-state index in [0.29, 0.717) is 5.92 Å². The second-order valence-corrected chi connectivity index (χ2v) is 5.00. The van der Waals surface area contributed by atoms with Crippen LogP contribution in [0.4, 0.5) is 0 Å². The molecule has 0 radical (unpaired) electrons. The molecule has 3 heteroatoms. The van der Waals surface area contributed by atoms with Gasteiger partial charge in [0.2, 0.25) is 0 Å². The Morgan fingerprint density at radius 1 is 1.44 bits per heavy atom. The lowest BCUT2D eigenvalue weighted by atomic mass is 10.1. The molecule has 1 atom stereocenters. The topological polar surface area (TPSA) is 29.1 Å². The molecule has 0 aliphatic carbocycles. The van der Waals surface area contributed by atoms with Crippen LogP contribution in [-0.2, 0) is 0 Å². The third-order valence-corrected chi connectivity index (χ3v) is 3.27. The molecule has 0 saturated heterocycles. The van der Waals surface area contributed by atoms with E-state index in [1.165, 1.54) is 0 Å². The summed E-state index contributed by atoms with van der Waals surface area (Å²) >= 11 is 3.42. The van der Waals surface area contributed by atoms with Gasteiger partial charge in [-0.3, -0.25) is 4.79 Å². The Bertz CT molecular complexity index is 363. The summed E-state index contributed by atoms with van der Waals surface area (Å²) in [5.41, 5.74) is 1.83. The van der Waals surface area contributed by atoms with Crippen molar-refractivity contribution < 1.29 is 4.79 Å². The van der Waals surface area contributed by atoms with Crippen LogP contribution in [0.3, 0.4) is 0 Å². The molecular weight excluding hydrogens is 266 g/mol. The minimum absolute atomic E-state index is 0.00171. The van der Waals surface area contributed by atoms with Crippen LogP contribution in [-0.4, -0.2) is 17.3 Å². The fourth-order valence-corrected chi connectivity index (χ4v) is 2.33. The van der Waals surface area contributed by atoms with Crippen LogP contribution in [0.15, 0.2) is 24.3 Å². The molecule has 1 rings (SSSR count). The molecule has 2 nitrogen and oxygen atoms in total. The maximum atomic E-state index is 11.9. The third kappa shape index (κ3) is 3.63. The number of hydrogen-bond donors (Lipinski definition) is 1. The summed E-state index contributed by atoms with van der Waals surface area (Å²) in [5.74, 6) is 0.426. The summed E-state index contributed by atoms with van der Waals surface area (Å²) in [4.78, 5) is 11.9. The van der Waals surface area contributed by atoms with Gasteiger partial charge in [0.25, 0.3) is 5.91 Å². The number of rotatable bonds is 4. The predicted molar refractivity (Wildman–Crippen MR) is 71.1 cm³/mol. The molecule has 0 heterocycles. The number of halogens is 1. The summed E-state index contributed by atoms with van der Waals surface area (Å²) < 4.78 is 0. The van der Waals surface area contributed by atoms with Crippen molar-refractivity contribution in [2.45, 2.75) is 26.8 Å². The fourth-order valence-electron chi connectivity index (χ4n) is 1.42. The molecule has 16 heavy (non-hydrogen) atoms. The van der Waals surface area contributed by atoms with Crippen LogP contribution in [0, 0.1) is 12.8 Å². The van der Waals surface area contributed by atoms with Gasteiger partial charge in [-0.05, 0) is 25.0 Å². The number of aryl methyl sites for hydroxylation is 1. The van der Waals surface area contributed by atoms with E-state index in [1.54, 1.807) is 0 Å². The van der Waals surface area contributed by atoms with Crippen LogP contribution < -0.4 is 5.32 Å². The molecule has 1 N–H and O–H groups in total. The van der Waals surface area contributed by atoms with Crippen molar-refractivity contribution in [1.29, 1.82) is 0 Å². The molecule has 0 aliphatic heterocycles. The van der Waals surface area contributed by atoms with E-state index < -0.39 is 0 Å². The largest absolute Gasteiger partial charge is 0.348 e. The normalized spacial score (nSPS) is 12.6. The Kier molecular flexibility index (Phi) is 5.00. The molecule has 0 fully saturated rings. The van der Waals surface area contributed by atoms with Crippen LogP contribution in [0.1, 0.15) is 29.8 Å². The van der Waals surface area contributed by atoms with Gasteiger partial charge in [0.1, 0.15) is 0 Å². The number of carbonyl (C=O) groups is 1. The Morgan fingerprint density at radius 2 is 2.12 bits per heavy atom. The lowest BCUT2D eigenvalue weighted by Gasteiger charge is -2.19. The SMILES string of the molecule is Cc1cccc(C(=O)NC(CBr)C(C)C)c1. The van der Waals surface area contributed by atoms with Crippen LogP contribution >= 0.6 is 15.9 Å². The van der Waals surface area contributed by atoms with E-state index in [-0.39, 0.29) is 11.9 Å². The zero-order chi connectivity index (χ0) is 12.1. The Hall–Kier alpha value is -0.830. The van der Waals surface area contributed by atoms with Crippen LogP contribution in [0.5, 0.6) is 0 Å². The second kappa shape index (κ2) is 6.04. The monoisotopic (exact) mass is 283 g/mol. The molecule has 1 unspecified atom stereocenters. The Labute approximate surface area is 106 Å². The standard InChI is InChI=1S/C13H18BrNO/c1-9(2)12(8-14)15-13(16)11-6-4-5-10(3)7-11/h4-7,9,12H,8H2,1-3H3,(H,15,16). The Morgan fingerprint density at radius 3 is 2.62 bits per heavy atom. The van der Waals surface area contributed by atoms with E-state index >= 15 is 0 Å². The number of carbonyl (C=O) groups excluding carboxylic acids is 1. The van der Waals surface area contributed by atoms with Crippen LogP contribution in [0.2, 0.25) is 0 Å². The minimum atomic E-state index is 0.00171. The fraction of sp³-hybridized carbons (Fsp3) is 0.462. The van der Waals surface area contributed by atoms with E-state index in [1.807, 2.05) is 31.2 Å². The van der Waals surface area contributed by atoms with Gasteiger partial charge >= 0.3 is 0 Å². The van der Waals surface area contributed by atoms with E-state index in [4.69, 9.17) is 0 Å². The smallest absolute Gasteiger partial charge is 0.251 e. The van der Waals surface area contributed by atoms with Gasteiger partial charge in [-0.2, -0.15) is 0 Å². The van der Waals surface area contributed by atoms with Gasteiger partial charge in [-0.1, -0.05) is 47.5 Å². The van der Waals surface area contributed by atoms with Crippen molar-refractivity contribution in [2.75, 3.05) is 5.33 Å². The van der Waals surface area contributed by atoms with Gasteiger partial charge in [0.15, 0.2) is 0 Å². The summed E-state index contributed by atoms with van der Waals surface area (Å²) in [6, 6.07) is 7.81. The van der Waals surface area contributed by atoms with Gasteiger partial charge in [0.05, 0.1) is 0 Å². The maximum absolute atomic E-state index is 11.9. The zero-order valence-electron chi connectivity index (χ0n) is 9.96. The lowest BCUT2D eigenvalue weighted by Crippen LogP contribution is -2.39. The van der Waals surface area contributed by atoms with Crippen molar-refractivity contribution in [1.82, 2.24) is 5.32 Å². The molecule has 0 aliphatic rings. The molecule has 88 valence electrons. The van der Waals surface area contributed by atoms with Crippen molar-refractivity contribution in [3.05, 3.63) is 35.4 Å². The summed E-state index contributed by atoms with van der Waals surface area (Å²) in [7, 11) is 0. The molecule has 0 bridgehead atoms. The van der Waals surface area contributed by atoms with E-state index in [0.717, 1.165) is 16.5 Å². The first-order chi connectivity index (χ1) is 7.54. The minimum Gasteiger partial charge on any atom is -0.348 e. The average Bonchev–Trinajstić information content (AvgIpc) is 2.25. The van der Waals surface area contributed by atoms with Crippen molar-refractivity contribution in [2.24, 2.45) is 5.92 Å². The average molecular weight is 284 g/mol. The predicted octanol–water partition coefficient (Wildman–Crippen LogP) is 3.14. The second-order valence-electron chi connectivity index (χ2n) is 4.35. The number of hydrogen-bond acceptors (Lipinski definition) is 1. The first-order valence-electron chi connectivity index (χ1n) is 5.48.